The van der Waals surface area contributed by atoms with Crippen LogP contribution in [0.15, 0.2) is 0 Å². The van der Waals surface area contributed by atoms with E-state index in [4.69, 9.17) is 5.26 Å². The minimum atomic E-state index is -3.12. The number of sulfone groups is 1. The van der Waals surface area contributed by atoms with Crippen LogP contribution in [0.5, 0.6) is 0 Å². The molecular weight excluding hydrogens is 204 g/mol. The van der Waals surface area contributed by atoms with Gasteiger partial charge in [-0.3, -0.25) is 4.90 Å². The smallest absolute Gasteiger partial charge is 0.154 e. The Morgan fingerprint density at radius 1 is 1.57 bits per heavy atom. The Hall–Kier alpha value is -0.640. The Balaban J connectivity index is 2.74. The van der Waals surface area contributed by atoms with Crippen molar-refractivity contribution in [2.75, 3.05) is 24.6 Å². The lowest BCUT2D eigenvalue weighted by atomic mass is 10.2. The number of rotatable bonds is 3. The summed E-state index contributed by atoms with van der Waals surface area (Å²) in [6.45, 7) is 2.58. The lowest BCUT2D eigenvalue weighted by Gasteiger charge is -2.25. The molecule has 0 aromatic carbocycles. The molecular formula is C8H14N2O3S. The van der Waals surface area contributed by atoms with E-state index >= 15 is 0 Å². The first-order valence-corrected chi connectivity index (χ1v) is 6.32. The second-order valence-electron chi connectivity index (χ2n) is 3.43. The van der Waals surface area contributed by atoms with Crippen LogP contribution in [0, 0.1) is 11.3 Å². The van der Waals surface area contributed by atoms with Crippen molar-refractivity contribution in [2.24, 2.45) is 0 Å². The van der Waals surface area contributed by atoms with E-state index in [1.807, 2.05) is 13.0 Å². The van der Waals surface area contributed by atoms with Crippen molar-refractivity contribution in [3.05, 3.63) is 0 Å². The van der Waals surface area contributed by atoms with Crippen LogP contribution in [0.3, 0.4) is 0 Å². The summed E-state index contributed by atoms with van der Waals surface area (Å²) < 4.78 is 22.4. The lowest BCUT2D eigenvalue weighted by Crippen LogP contribution is -2.43. The van der Waals surface area contributed by atoms with Gasteiger partial charge in [0.05, 0.1) is 36.3 Å². The largest absolute Gasteiger partial charge is 0.390 e. The van der Waals surface area contributed by atoms with Gasteiger partial charge in [-0.05, 0) is 6.54 Å². The molecule has 0 radical (unpaired) electrons. The van der Waals surface area contributed by atoms with Gasteiger partial charge in [-0.15, -0.1) is 0 Å². The van der Waals surface area contributed by atoms with E-state index in [-0.39, 0.29) is 18.1 Å². The van der Waals surface area contributed by atoms with Gasteiger partial charge >= 0.3 is 0 Å². The van der Waals surface area contributed by atoms with Gasteiger partial charge < -0.3 is 5.11 Å². The number of hydrogen-bond acceptors (Lipinski definition) is 5. The summed E-state index contributed by atoms with van der Waals surface area (Å²) in [5.74, 6) is -0.219. The molecule has 6 heteroatoms. The fourth-order valence-corrected chi connectivity index (χ4v) is 3.55. The topological polar surface area (TPSA) is 81.4 Å². The number of aliphatic hydroxyl groups excluding tert-OH is 1. The van der Waals surface area contributed by atoms with E-state index in [9.17, 15) is 13.5 Å². The molecule has 14 heavy (non-hydrogen) atoms. The second-order valence-corrected chi connectivity index (χ2v) is 5.59. The normalized spacial score (nSPS) is 30.4. The first-order chi connectivity index (χ1) is 6.50. The molecule has 1 saturated heterocycles. The molecule has 1 rings (SSSR count). The maximum Gasteiger partial charge on any atom is 0.154 e. The Morgan fingerprint density at radius 2 is 2.21 bits per heavy atom. The van der Waals surface area contributed by atoms with Gasteiger partial charge in [0.25, 0.3) is 0 Å². The van der Waals surface area contributed by atoms with Crippen LogP contribution in [-0.4, -0.2) is 55.2 Å². The highest BCUT2D eigenvalue weighted by Gasteiger charge is 2.39. The molecule has 0 aromatic rings. The molecule has 80 valence electrons. The maximum atomic E-state index is 11.2. The van der Waals surface area contributed by atoms with Crippen molar-refractivity contribution in [3.63, 3.8) is 0 Å². The molecule has 2 unspecified atom stereocenters. The molecule has 1 fully saturated rings. The highest BCUT2D eigenvalue weighted by Crippen LogP contribution is 2.17. The van der Waals surface area contributed by atoms with Crippen LogP contribution in [0.4, 0.5) is 0 Å². The minimum absolute atomic E-state index is 0.0380. The summed E-state index contributed by atoms with van der Waals surface area (Å²) in [5.41, 5.74) is 0. The van der Waals surface area contributed by atoms with Crippen LogP contribution in [0.1, 0.15) is 6.92 Å². The standard InChI is InChI=1S/C8H14N2O3S/c1-2-10(4-3-9)7-5-14(12,13)6-8(7)11/h7-8,11H,2,4-6H2,1H3. The Bertz CT molecular complexity index is 333. The van der Waals surface area contributed by atoms with Gasteiger partial charge in [-0.2, -0.15) is 5.26 Å². The van der Waals surface area contributed by atoms with Gasteiger partial charge in [-0.1, -0.05) is 6.92 Å². The van der Waals surface area contributed by atoms with Gasteiger partial charge in [-0.25, -0.2) is 8.42 Å². The van der Waals surface area contributed by atoms with Crippen molar-refractivity contribution in [1.29, 1.82) is 5.26 Å². The second kappa shape index (κ2) is 4.26. The Kier molecular flexibility index (Phi) is 3.48. The van der Waals surface area contributed by atoms with Crippen molar-refractivity contribution < 1.29 is 13.5 Å². The predicted octanol–water partition coefficient (Wildman–Crippen LogP) is -1.01. The van der Waals surface area contributed by atoms with Crippen LogP contribution < -0.4 is 0 Å². The Morgan fingerprint density at radius 3 is 2.57 bits per heavy atom. The number of nitrogens with zero attached hydrogens (tertiary/aromatic N) is 2. The highest BCUT2D eigenvalue weighted by atomic mass is 32.2. The number of hydrogen-bond donors (Lipinski definition) is 1. The van der Waals surface area contributed by atoms with Gasteiger partial charge in [0, 0.05) is 0 Å². The summed E-state index contributed by atoms with van der Waals surface area (Å²) in [6.07, 6.45) is -0.853. The zero-order chi connectivity index (χ0) is 10.8. The molecule has 0 aliphatic carbocycles. The monoisotopic (exact) mass is 218 g/mol. The van der Waals surface area contributed by atoms with E-state index in [2.05, 4.69) is 0 Å². The van der Waals surface area contributed by atoms with Crippen molar-refractivity contribution >= 4 is 9.84 Å². The summed E-state index contributed by atoms with van der Waals surface area (Å²) in [5, 5.41) is 18.0. The molecule has 1 aliphatic rings. The quantitative estimate of drug-likeness (QED) is 0.614. The molecule has 1 aliphatic heterocycles. The first kappa shape index (κ1) is 11.4. The molecule has 1 N–H and O–H groups in total. The van der Waals surface area contributed by atoms with E-state index in [0.717, 1.165) is 0 Å². The van der Waals surface area contributed by atoms with Crippen LogP contribution in [0.25, 0.3) is 0 Å². The molecule has 0 bridgehead atoms. The third kappa shape index (κ3) is 2.44. The van der Waals surface area contributed by atoms with E-state index in [1.165, 1.54) is 0 Å². The van der Waals surface area contributed by atoms with Crippen molar-refractivity contribution in [1.82, 2.24) is 4.90 Å². The third-order valence-corrected chi connectivity index (χ3v) is 4.14. The zero-order valence-electron chi connectivity index (χ0n) is 8.05. The zero-order valence-corrected chi connectivity index (χ0v) is 8.87. The van der Waals surface area contributed by atoms with E-state index < -0.39 is 22.0 Å². The fourth-order valence-electron chi connectivity index (χ4n) is 1.71. The van der Waals surface area contributed by atoms with Gasteiger partial charge in [0.2, 0.25) is 0 Å². The third-order valence-electron chi connectivity index (χ3n) is 2.44. The van der Waals surface area contributed by atoms with E-state index in [1.54, 1.807) is 4.90 Å². The molecule has 0 spiro atoms. The molecule has 2 atom stereocenters. The van der Waals surface area contributed by atoms with Crippen molar-refractivity contribution in [2.45, 2.75) is 19.1 Å². The molecule has 1 heterocycles. The summed E-state index contributed by atoms with van der Waals surface area (Å²) in [4.78, 5) is 1.69. The number of likely N-dealkylation sites (N-methyl/N-ethyl adjacent to an activating group) is 1. The number of aliphatic hydroxyl groups is 1. The first-order valence-electron chi connectivity index (χ1n) is 4.49. The lowest BCUT2D eigenvalue weighted by molar-refractivity contribution is 0.0950. The van der Waals surface area contributed by atoms with Crippen LogP contribution >= 0.6 is 0 Å². The highest BCUT2D eigenvalue weighted by molar-refractivity contribution is 7.91. The molecule has 0 saturated carbocycles. The van der Waals surface area contributed by atoms with E-state index in [0.29, 0.717) is 6.54 Å². The van der Waals surface area contributed by atoms with Crippen LogP contribution in [0.2, 0.25) is 0 Å². The predicted molar refractivity (Wildman–Crippen MR) is 51.3 cm³/mol. The van der Waals surface area contributed by atoms with Crippen LogP contribution in [-0.2, 0) is 9.84 Å². The minimum Gasteiger partial charge on any atom is -0.390 e. The molecule has 5 nitrogen and oxygen atoms in total. The fraction of sp³-hybridized carbons (Fsp3) is 0.875. The summed E-state index contributed by atoms with van der Waals surface area (Å²) in [7, 11) is -3.12. The average Bonchev–Trinajstić information content (AvgIpc) is 2.35. The molecule has 0 aromatic heterocycles. The van der Waals surface area contributed by atoms with Gasteiger partial charge in [0.1, 0.15) is 0 Å². The van der Waals surface area contributed by atoms with Crippen molar-refractivity contribution in [3.8, 4) is 6.07 Å². The average molecular weight is 218 g/mol. The summed E-state index contributed by atoms with van der Waals surface area (Å²) >= 11 is 0. The van der Waals surface area contributed by atoms with Gasteiger partial charge in [0.15, 0.2) is 9.84 Å². The Labute approximate surface area is 83.9 Å². The SMILES string of the molecule is CCN(CC#N)C1CS(=O)(=O)CC1O. The number of nitriles is 1. The molecule has 0 amide bonds. The summed E-state index contributed by atoms with van der Waals surface area (Å²) in [6, 6.07) is 1.55. The maximum absolute atomic E-state index is 11.2.